The van der Waals surface area contributed by atoms with E-state index in [2.05, 4.69) is 6.92 Å². The second kappa shape index (κ2) is 2.40. The largest absolute Gasteiger partial charge is 0.167 e. The van der Waals surface area contributed by atoms with Crippen molar-refractivity contribution in [2.75, 3.05) is 0 Å². The summed E-state index contributed by atoms with van der Waals surface area (Å²) in [5.74, 6) is 0. The standard InChI is InChI=1S/C6H13ClSi/c1-2-8(7)5-3-4-6-8/h2-6H2,1H3. The predicted molar refractivity (Wildman–Crippen MR) is 40.9 cm³/mol. The molecule has 1 saturated heterocycles. The molecule has 0 aliphatic carbocycles. The van der Waals surface area contributed by atoms with E-state index in [1.54, 1.807) is 0 Å². The summed E-state index contributed by atoms with van der Waals surface area (Å²) in [6.45, 7) is 2.24. The van der Waals surface area contributed by atoms with Gasteiger partial charge in [-0.05, 0) is 18.1 Å². The third-order valence-electron chi connectivity index (χ3n) is 2.13. The molecule has 0 aromatic heterocycles. The molecule has 0 bridgehead atoms. The maximum Gasteiger partial charge on any atom is 0.156 e. The van der Waals surface area contributed by atoms with Gasteiger partial charge in [0.2, 0.25) is 0 Å². The lowest BCUT2D eigenvalue weighted by atomic mass is 10.4. The molecule has 1 aliphatic heterocycles. The van der Waals surface area contributed by atoms with Crippen LogP contribution in [-0.4, -0.2) is 7.38 Å². The van der Waals surface area contributed by atoms with Crippen LogP contribution in [0.4, 0.5) is 0 Å². The van der Waals surface area contributed by atoms with Gasteiger partial charge < -0.3 is 0 Å². The summed E-state index contributed by atoms with van der Waals surface area (Å²) >= 11 is 6.29. The predicted octanol–water partition coefficient (Wildman–Crippen LogP) is 2.98. The molecule has 0 nitrogen and oxygen atoms in total. The minimum atomic E-state index is -1.09. The van der Waals surface area contributed by atoms with Gasteiger partial charge >= 0.3 is 0 Å². The molecule has 0 aromatic rings. The fourth-order valence-corrected chi connectivity index (χ4v) is 4.89. The van der Waals surface area contributed by atoms with E-state index in [9.17, 15) is 0 Å². The molecule has 0 amide bonds. The van der Waals surface area contributed by atoms with Crippen LogP contribution in [0, 0.1) is 0 Å². The Morgan fingerprint density at radius 1 is 1.38 bits per heavy atom. The highest BCUT2D eigenvalue weighted by Gasteiger charge is 2.31. The average molecular weight is 149 g/mol. The minimum Gasteiger partial charge on any atom is -0.167 e. The van der Waals surface area contributed by atoms with Crippen LogP contribution in [0.15, 0.2) is 0 Å². The Morgan fingerprint density at radius 3 is 2.12 bits per heavy atom. The molecule has 1 heterocycles. The lowest BCUT2D eigenvalue weighted by molar-refractivity contribution is 0.935. The van der Waals surface area contributed by atoms with Crippen LogP contribution in [0.3, 0.4) is 0 Å². The van der Waals surface area contributed by atoms with Crippen LogP contribution < -0.4 is 0 Å². The summed E-state index contributed by atoms with van der Waals surface area (Å²) in [6, 6.07) is 4.05. The Balaban J connectivity index is 2.40. The lowest BCUT2D eigenvalue weighted by Crippen LogP contribution is -2.19. The van der Waals surface area contributed by atoms with Crippen molar-refractivity contribution in [1.29, 1.82) is 0 Å². The van der Waals surface area contributed by atoms with Crippen LogP contribution in [0.2, 0.25) is 18.1 Å². The monoisotopic (exact) mass is 148 g/mol. The fraction of sp³-hybridized carbons (Fsp3) is 1.00. The zero-order valence-electron chi connectivity index (χ0n) is 5.41. The van der Waals surface area contributed by atoms with Crippen molar-refractivity contribution in [2.24, 2.45) is 0 Å². The third-order valence-corrected chi connectivity index (χ3v) is 7.84. The van der Waals surface area contributed by atoms with Gasteiger partial charge in [-0.1, -0.05) is 19.8 Å². The molecule has 0 aromatic carbocycles. The summed E-state index contributed by atoms with van der Waals surface area (Å²) in [6.07, 6.45) is 2.81. The van der Waals surface area contributed by atoms with Crippen molar-refractivity contribution in [2.45, 2.75) is 37.9 Å². The maximum absolute atomic E-state index is 6.29. The van der Waals surface area contributed by atoms with Gasteiger partial charge in [-0.3, -0.25) is 0 Å². The van der Waals surface area contributed by atoms with E-state index in [1.807, 2.05) is 0 Å². The molecular weight excluding hydrogens is 136 g/mol. The Labute approximate surface area is 56.9 Å². The van der Waals surface area contributed by atoms with Crippen LogP contribution in [0.5, 0.6) is 0 Å². The van der Waals surface area contributed by atoms with Crippen LogP contribution in [-0.2, 0) is 0 Å². The minimum absolute atomic E-state index is 1.09. The summed E-state index contributed by atoms with van der Waals surface area (Å²) < 4.78 is 0. The molecule has 0 saturated carbocycles. The Bertz CT molecular complexity index is 76.6. The van der Waals surface area contributed by atoms with Gasteiger partial charge in [0.1, 0.15) is 0 Å². The highest BCUT2D eigenvalue weighted by atomic mass is 35.6. The van der Waals surface area contributed by atoms with E-state index >= 15 is 0 Å². The molecule has 48 valence electrons. The van der Waals surface area contributed by atoms with E-state index in [4.69, 9.17) is 11.1 Å². The van der Waals surface area contributed by atoms with Crippen molar-refractivity contribution in [3.05, 3.63) is 0 Å². The van der Waals surface area contributed by atoms with Gasteiger partial charge in [0.05, 0.1) is 0 Å². The van der Waals surface area contributed by atoms with Gasteiger partial charge in [-0.2, -0.15) is 11.1 Å². The van der Waals surface area contributed by atoms with Gasteiger partial charge in [0, 0.05) is 0 Å². The van der Waals surface area contributed by atoms with Crippen LogP contribution in [0.1, 0.15) is 19.8 Å². The first-order valence-electron chi connectivity index (χ1n) is 3.46. The second-order valence-electron chi connectivity index (χ2n) is 2.71. The normalized spacial score (nSPS) is 26.2. The van der Waals surface area contributed by atoms with E-state index in [0.29, 0.717) is 0 Å². The molecule has 0 atom stereocenters. The zero-order valence-corrected chi connectivity index (χ0v) is 7.17. The Hall–Kier alpha value is 0.507. The number of rotatable bonds is 1. The van der Waals surface area contributed by atoms with Gasteiger partial charge in [-0.15, -0.1) is 0 Å². The Morgan fingerprint density at radius 2 is 1.88 bits per heavy atom. The highest BCUT2D eigenvalue weighted by molar-refractivity contribution is 7.20. The molecule has 1 rings (SSSR count). The fourth-order valence-electron chi connectivity index (χ4n) is 1.36. The number of hydrogen-bond donors (Lipinski definition) is 0. The summed E-state index contributed by atoms with van der Waals surface area (Å²) in [5, 5.41) is 0. The van der Waals surface area contributed by atoms with Crippen molar-refractivity contribution in [3.8, 4) is 0 Å². The van der Waals surface area contributed by atoms with Gasteiger partial charge in [0.15, 0.2) is 7.38 Å². The molecule has 0 radical (unpaired) electrons. The second-order valence-corrected chi connectivity index (χ2v) is 9.13. The van der Waals surface area contributed by atoms with Crippen molar-refractivity contribution in [3.63, 3.8) is 0 Å². The van der Waals surface area contributed by atoms with Crippen LogP contribution >= 0.6 is 11.1 Å². The van der Waals surface area contributed by atoms with E-state index < -0.39 is 7.38 Å². The van der Waals surface area contributed by atoms with E-state index in [0.717, 1.165) is 0 Å². The zero-order chi connectivity index (χ0) is 6.04. The molecule has 8 heavy (non-hydrogen) atoms. The first-order chi connectivity index (χ1) is 3.77. The molecule has 1 fully saturated rings. The lowest BCUT2D eigenvalue weighted by Gasteiger charge is -2.12. The van der Waals surface area contributed by atoms with Crippen molar-refractivity contribution < 1.29 is 0 Å². The first kappa shape index (κ1) is 6.62. The SMILES string of the molecule is CC[Si]1(Cl)CCCC1. The summed E-state index contributed by atoms with van der Waals surface area (Å²) in [7, 11) is -1.09. The first-order valence-corrected chi connectivity index (χ1v) is 7.09. The molecule has 1 aliphatic rings. The number of hydrogen-bond acceptors (Lipinski definition) is 0. The topological polar surface area (TPSA) is 0 Å². The van der Waals surface area contributed by atoms with E-state index in [1.165, 1.54) is 31.0 Å². The van der Waals surface area contributed by atoms with Gasteiger partial charge in [0.25, 0.3) is 0 Å². The molecular formula is C6H13ClSi. The summed E-state index contributed by atoms with van der Waals surface area (Å²) in [5.41, 5.74) is 0. The highest BCUT2D eigenvalue weighted by Crippen LogP contribution is 2.35. The van der Waals surface area contributed by atoms with Crippen molar-refractivity contribution in [1.82, 2.24) is 0 Å². The Kier molecular flexibility index (Phi) is 1.99. The third kappa shape index (κ3) is 1.26. The molecule has 0 spiro atoms. The molecule has 2 heteroatoms. The quantitative estimate of drug-likeness (QED) is 0.396. The van der Waals surface area contributed by atoms with Gasteiger partial charge in [-0.25, -0.2) is 0 Å². The number of halogens is 1. The summed E-state index contributed by atoms with van der Waals surface area (Å²) in [4.78, 5) is 0. The van der Waals surface area contributed by atoms with E-state index in [-0.39, 0.29) is 0 Å². The average Bonchev–Trinajstić information content (AvgIpc) is 2.17. The smallest absolute Gasteiger partial charge is 0.156 e. The van der Waals surface area contributed by atoms with Crippen LogP contribution in [0.25, 0.3) is 0 Å². The molecule has 0 N–H and O–H groups in total. The van der Waals surface area contributed by atoms with Crippen molar-refractivity contribution >= 4 is 18.5 Å². The maximum atomic E-state index is 6.29. The molecule has 0 unspecified atom stereocenters.